The van der Waals surface area contributed by atoms with Gasteiger partial charge in [-0.25, -0.2) is 4.79 Å². The molecule has 0 aliphatic rings. The minimum Gasteiger partial charge on any atom is -0.478 e. The van der Waals surface area contributed by atoms with E-state index in [0.717, 1.165) is 46.1 Å². The molecular weight excluding hydrogens is 372 g/mol. The van der Waals surface area contributed by atoms with Gasteiger partial charge in [-0.3, -0.25) is 0 Å². The number of hydrogen-bond acceptors (Lipinski definition) is 3. The molecule has 0 aliphatic carbocycles. The highest BCUT2D eigenvalue weighted by molar-refractivity contribution is 5.96. The van der Waals surface area contributed by atoms with Crippen LogP contribution in [0.5, 0.6) is 0 Å². The van der Waals surface area contributed by atoms with E-state index in [-0.39, 0.29) is 0 Å². The molecule has 1 heterocycles. The largest absolute Gasteiger partial charge is 0.478 e. The molecule has 4 heteroatoms. The lowest BCUT2D eigenvalue weighted by Gasteiger charge is -2.16. The van der Waals surface area contributed by atoms with E-state index in [0.29, 0.717) is 11.5 Å². The first kappa shape index (κ1) is 19.8. The summed E-state index contributed by atoms with van der Waals surface area (Å²) in [6.45, 7) is 4.36. The van der Waals surface area contributed by atoms with Gasteiger partial charge in [-0.1, -0.05) is 74.5 Å². The van der Waals surface area contributed by atoms with Gasteiger partial charge in [0.2, 0.25) is 0 Å². The molecule has 0 aliphatic heterocycles. The van der Waals surface area contributed by atoms with Crippen molar-refractivity contribution in [3.05, 3.63) is 95.2 Å². The lowest BCUT2D eigenvalue weighted by Crippen LogP contribution is -2.06. The summed E-state index contributed by atoms with van der Waals surface area (Å²) in [4.78, 5) is 11.5. The van der Waals surface area contributed by atoms with Crippen LogP contribution in [-0.2, 0) is 6.42 Å². The van der Waals surface area contributed by atoms with Gasteiger partial charge in [-0.05, 0) is 47.2 Å². The Morgan fingerprint density at radius 1 is 0.933 bits per heavy atom. The quantitative estimate of drug-likeness (QED) is 0.428. The maximum absolute atomic E-state index is 11.5. The number of rotatable bonds is 6. The van der Waals surface area contributed by atoms with E-state index in [2.05, 4.69) is 42.2 Å². The molecule has 0 fully saturated rings. The van der Waals surface area contributed by atoms with Crippen molar-refractivity contribution in [2.24, 2.45) is 0 Å². The van der Waals surface area contributed by atoms with E-state index in [1.54, 1.807) is 12.1 Å². The average molecular weight is 396 g/mol. The fourth-order valence-electron chi connectivity index (χ4n) is 3.82. The third-order valence-electron chi connectivity index (χ3n) is 5.69. The predicted octanol–water partition coefficient (Wildman–Crippen LogP) is 6.10. The summed E-state index contributed by atoms with van der Waals surface area (Å²) in [6.07, 6.45) is 1.77. The van der Waals surface area contributed by atoms with Crippen LogP contribution < -0.4 is 0 Å². The van der Waals surface area contributed by atoms with Crippen molar-refractivity contribution in [1.29, 1.82) is 0 Å². The Morgan fingerprint density at radius 2 is 1.63 bits per heavy atom. The van der Waals surface area contributed by atoms with Gasteiger partial charge in [0.05, 0.1) is 16.8 Å². The molecule has 0 bridgehead atoms. The van der Waals surface area contributed by atoms with Gasteiger partial charge in [0.1, 0.15) is 0 Å². The van der Waals surface area contributed by atoms with Crippen LogP contribution in [0.15, 0.2) is 72.8 Å². The van der Waals surface area contributed by atoms with E-state index >= 15 is 0 Å². The number of aromatic carboxylic acids is 1. The van der Waals surface area contributed by atoms with E-state index in [1.165, 1.54) is 5.56 Å². The summed E-state index contributed by atoms with van der Waals surface area (Å²) in [6, 6.07) is 23.4. The number of carbonyl (C=O) groups is 1. The van der Waals surface area contributed by atoms with Gasteiger partial charge >= 0.3 is 5.97 Å². The standard InChI is InChI=1S/C26H24N2O2/c1-3-17(2)25-23(21-9-6-7-11-24(21)27-28-25)16-18-12-14-19(15-13-18)20-8-4-5-10-22(20)26(29)30/h4-15,17H,3,16H2,1-2H3,(H,29,30). The monoisotopic (exact) mass is 396 g/mol. The molecule has 4 nitrogen and oxygen atoms in total. The van der Waals surface area contributed by atoms with Crippen LogP contribution in [-0.4, -0.2) is 21.3 Å². The molecule has 4 aromatic rings. The Labute approximate surface area is 176 Å². The van der Waals surface area contributed by atoms with Crippen molar-refractivity contribution in [2.45, 2.75) is 32.6 Å². The summed E-state index contributed by atoms with van der Waals surface area (Å²) in [7, 11) is 0. The number of nitrogens with zero attached hydrogens (tertiary/aromatic N) is 2. The van der Waals surface area contributed by atoms with Crippen molar-refractivity contribution >= 4 is 16.9 Å². The van der Waals surface area contributed by atoms with Gasteiger partial charge in [0.15, 0.2) is 0 Å². The maximum atomic E-state index is 11.5. The Balaban J connectivity index is 1.72. The summed E-state index contributed by atoms with van der Waals surface area (Å²) in [5.41, 5.74) is 6.28. The fourth-order valence-corrected chi connectivity index (χ4v) is 3.82. The number of benzene rings is 3. The van der Waals surface area contributed by atoms with Crippen molar-refractivity contribution < 1.29 is 9.90 Å². The van der Waals surface area contributed by atoms with Gasteiger partial charge in [-0.15, -0.1) is 0 Å². The first-order valence-corrected chi connectivity index (χ1v) is 10.2. The van der Waals surface area contributed by atoms with Crippen LogP contribution >= 0.6 is 0 Å². The summed E-state index contributed by atoms with van der Waals surface area (Å²) in [5, 5.41) is 19.6. The molecule has 0 saturated carbocycles. The van der Waals surface area contributed by atoms with E-state index < -0.39 is 5.97 Å². The molecule has 1 aromatic heterocycles. The zero-order valence-electron chi connectivity index (χ0n) is 17.2. The third-order valence-corrected chi connectivity index (χ3v) is 5.69. The molecule has 1 atom stereocenters. The highest BCUT2D eigenvalue weighted by Crippen LogP contribution is 2.29. The van der Waals surface area contributed by atoms with Crippen LogP contribution in [0.4, 0.5) is 0 Å². The second-order valence-electron chi connectivity index (χ2n) is 7.61. The van der Waals surface area contributed by atoms with Gasteiger partial charge in [0, 0.05) is 11.3 Å². The zero-order valence-corrected chi connectivity index (χ0v) is 17.2. The van der Waals surface area contributed by atoms with Crippen LogP contribution in [0, 0.1) is 0 Å². The second-order valence-corrected chi connectivity index (χ2v) is 7.61. The normalized spacial score (nSPS) is 12.1. The Morgan fingerprint density at radius 3 is 2.37 bits per heavy atom. The fraction of sp³-hybridized carbons (Fsp3) is 0.192. The van der Waals surface area contributed by atoms with Crippen LogP contribution in [0.2, 0.25) is 0 Å². The number of aromatic nitrogens is 2. The molecule has 0 saturated heterocycles. The van der Waals surface area contributed by atoms with Crippen molar-refractivity contribution in [3.8, 4) is 11.1 Å². The predicted molar refractivity (Wildman–Crippen MR) is 120 cm³/mol. The average Bonchev–Trinajstić information content (AvgIpc) is 2.79. The Kier molecular flexibility index (Phi) is 5.57. The molecule has 0 radical (unpaired) electrons. The topological polar surface area (TPSA) is 63.1 Å². The highest BCUT2D eigenvalue weighted by atomic mass is 16.4. The molecule has 150 valence electrons. The van der Waals surface area contributed by atoms with Gasteiger partial charge in [-0.2, -0.15) is 10.2 Å². The summed E-state index contributed by atoms with van der Waals surface area (Å²) >= 11 is 0. The Bertz CT molecular complexity index is 1200. The van der Waals surface area contributed by atoms with Crippen molar-refractivity contribution in [3.63, 3.8) is 0 Å². The van der Waals surface area contributed by atoms with Crippen LogP contribution in [0.25, 0.3) is 22.0 Å². The molecule has 0 amide bonds. The van der Waals surface area contributed by atoms with Crippen LogP contribution in [0.1, 0.15) is 53.4 Å². The molecular formula is C26H24N2O2. The SMILES string of the molecule is CCC(C)c1nnc2ccccc2c1Cc1ccc(-c2ccccc2C(=O)O)cc1. The summed E-state index contributed by atoms with van der Waals surface area (Å²) < 4.78 is 0. The number of hydrogen-bond donors (Lipinski definition) is 1. The smallest absolute Gasteiger partial charge is 0.336 e. The molecule has 4 rings (SSSR count). The van der Waals surface area contributed by atoms with Gasteiger partial charge in [0.25, 0.3) is 0 Å². The molecule has 0 spiro atoms. The Hall–Kier alpha value is -3.53. The molecule has 1 unspecified atom stereocenters. The van der Waals surface area contributed by atoms with E-state index in [9.17, 15) is 9.90 Å². The van der Waals surface area contributed by atoms with E-state index in [4.69, 9.17) is 0 Å². The maximum Gasteiger partial charge on any atom is 0.336 e. The molecule has 30 heavy (non-hydrogen) atoms. The first-order chi connectivity index (χ1) is 14.6. The summed E-state index contributed by atoms with van der Waals surface area (Å²) in [5.74, 6) is -0.582. The second kappa shape index (κ2) is 8.46. The highest BCUT2D eigenvalue weighted by Gasteiger charge is 2.16. The lowest BCUT2D eigenvalue weighted by atomic mass is 9.92. The minimum atomic E-state index is -0.915. The number of fused-ring (bicyclic) bond motifs is 1. The van der Waals surface area contributed by atoms with Crippen molar-refractivity contribution in [1.82, 2.24) is 10.2 Å². The molecule has 1 N–H and O–H groups in total. The van der Waals surface area contributed by atoms with Crippen LogP contribution in [0.3, 0.4) is 0 Å². The minimum absolute atomic E-state index is 0.314. The molecule has 3 aromatic carbocycles. The third kappa shape index (κ3) is 3.81. The number of carboxylic acid groups (broad SMARTS) is 1. The lowest BCUT2D eigenvalue weighted by molar-refractivity contribution is 0.0697. The zero-order chi connectivity index (χ0) is 21.1. The van der Waals surface area contributed by atoms with E-state index in [1.807, 2.05) is 42.5 Å². The number of carboxylic acids is 1. The van der Waals surface area contributed by atoms with Gasteiger partial charge < -0.3 is 5.11 Å². The van der Waals surface area contributed by atoms with Crippen molar-refractivity contribution in [2.75, 3.05) is 0 Å². The first-order valence-electron chi connectivity index (χ1n) is 10.2.